The van der Waals surface area contributed by atoms with Crippen molar-refractivity contribution in [2.45, 2.75) is 13.0 Å². The third kappa shape index (κ3) is 5.61. The number of nitro groups is 1. The number of carbonyl (C=O) groups excluding carboxylic acids is 3. The maximum absolute atomic E-state index is 12.2. The number of ether oxygens (including phenoxy) is 1. The van der Waals surface area contributed by atoms with Crippen molar-refractivity contribution in [2.75, 3.05) is 6.54 Å². The molecule has 0 heterocycles. The molecule has 0 aliphatic rings. The Labute approximate surface area is 159 Å². The van der Waals surface area contributed by atoms with Crippen LogP contribution in [-0.4, -0.2) is 35.2 Å². The van der Waals surface area contributed by atoms with Crippen LogP contribution in [0, 0.1) is 10.1 Å². The number of carbonyl (C=O) groups is 3. The number of ketones is 1. The molecule has 0 aromatic heterocycles. The monoisotopic (exact) mass is 390 g/mol. The lowest BCUT2D eigenvalue weighted by molar-refractivity contribution is -0.384. The first-order chi connectivity index (χ1) is 12.8. The van der Waals surface area contributed by atoms with E-state index in [0.29, 0.717) is 10.6 Å². The molecule has 0 saturated heterocycles. The minimum atomic E-state index is -1.05. The van der Waals surface area contributed by atoms with Crippen molar-refractivity contribution in [2.24, 2.45) is 0 Å². The van der Waals surface area contributed by atoms with Gasteiger partial charge >= 0.3 is 5.97 Å². The second-order valence-corrected chi connectivity index (χ2v) is 5.93. The summed E-state index contributed by atoms with van der Waals surface area (Å²) in [5, 5.41) is 13.5. The highest BCUT2D eigenvalue weighted by Gasteiger charge is 2.20. The Bertz CT molecular complexity index is 882. The fraction of sp³-hybridized carbons (Fsp3) is 0.167. The summed E-state index contributed by atoms with van der Waals surface area (Å²) in [5.41, 5.74) is 0.120. The molecule has 0 spiro atoms. The van der Waals surface area contributed by atoms with Crippen LogP contribution in [0.15, 0.2) is 48.5 Å². The molecule has 0 fully saturated rings. The van der Waals surface area contributed by atoms with Crippen LogP contribution in [-0.2, 0) is 9.53 Å². The molecule has 2 rings (SSSR count). The van der Waals surface area contributed by atoms with Crippen molar-refractivity contribution in [3.63, 3.8) is 0 Å². The fourth-order valence-corrected chi connectivity index (χ4v) is 2.28. The number of non-ortho nitro benzene ring substituents is 1. The van der Waals surface area contributed by atoms with E-state index in [2.05, 4.69) is 5.32 Å². The Kier molecular flexibility index (Phi) is 6.62. The first-order valence-electron chi connectivity index (χ1n) is 7.80. The van der Waals surface area contributed by atoms with Crippen LogP contribution in [0.25, 0.3) is 0 Å². The largest absolute Gasteiger partial charge is 0.453 e. The third-order valence-electron chi connectivity index (χ3n) is 3.52. The van der Waals surface area contributed by atoms with E-state index in [-0.39, 0.29) is 11.3 Å². The van der Waals surface area contributed by atoms with E-state index in [9.17, 15) is 24.5 Å². The molecular formula is C18H15ClN2O6. The molecule has 0 aliphatic heterocycles. The summed E-state index contributed by atoms with van der Waals surface area (Å²) in [6, 6.07) is 11.2. The Morgan fingerprint density at radius 3 is 2.44 bits per heavy atom. The Balaban J connectivity index is 1.89. The summed E-state index contributed by atoms with van der Waals surface area (Å²) in [6.07, 6.45) is -1.05. The summed E-state index contributed by atoms with van der Waals surface area (Å²) >= 11 is 5.75. The number of nitrogens with zero attached hydrogens (tertiary/aromatic N) is 1. The predicted molar refractivity (Wildman–Crippen MR) is 96.8 cm³/mol. The number of rotatable bonds is 7. The van der Waals surface area contributed by atoms with Crippen molar-refractivity contribution in [3.05, 3.63) is 74.8 Å². The number of Topliss-reactive ketones (excluding diaryl/α,β-unsaturated/α-hetero) is 1. The molecule has 1 N–H and O–H groups in total. The lowest BCUT2D eigenvalue weighted by Gasteiger charge is -2.13. The molecule has 0 aliphatic carbocycles. The smallest absolute Gasteiger partial charge is 0.326 e. The van der Waals surface area contributed by atoms with Gasteiger partial charge in [0.1, 0.15) is 6.54 Å². The van der Waals surface area contributed by atoms with E-state index < -0.39 is 35.2 Å². The van der Waals surface area contributed by atoms with Gasteiger partial charge in [0.15, 0.2) is 6.10 Å². The fourth-order valence-electron chi connectivity index (χ4n) is 2.16. The average Bonchev–Trinajstić information content (AvgIpc) is 2.66. The van der Waals surface area contributed by atoms with E-state index >= 15 is 0 Å². The Morgan fingerprint density at radius 1 is 1.15 bits per heavy atom. The summed E-state index contributed by atoms with van der Waals surface area (Å²) in [5.74, 6) is -1.90. The number of nitro benzene ring substituents is 1. The molecule has 0 saturated carbocycles. The first-order valence-corrected chi connectivity index (χ1v) is 8.17. The van der Waals surface area contributed by atoms with Crippen molar-refractivity contribution >= 4 is 34.9 Å². The van der Waals surface area contributed by atoms with Crippen LogP contribution in [0.4, 0.5) is 5.69 Å². The maximum Gasteiger partial charge on any atom is 0.326 e. The Morgan fingerprint density at radius 2 is 1.81 bits per heavy atom. The second kappa shape index (κ2) is 8.91. The number of esters is 1. The van der Waals surface area contributed by atoms with Gasteiger partial charge in [0.2, 0.25) is 5.78 Å². The van der Waals surface area contributed by atoms with E-state index in [1.54, 1.807) is 12.1 Å². The zero-order valence-electron chi connectivity index (χ0n) is 14.2. The van der Waals surface area contributed by atoms with Crippen LogP contribution < -0.4 is 5.32 Å². The Hall–Kier alpha value is -3.26. The number of hydrogen-bond donors (Lipinski definition) is 1. The quantitative estimate of drug-likeness (QED) is 0.336. The van der Waals surface area contributed by atoms with Crippen molar-refractivity contribution < 1.29 is 24.0 Å². The first kappa shape index (κ1) is 20.1. The van der Waals surface area contributed by atoms with Gasteiger partial charge in [0.25, 0.3) is 11.6 Å². The lowest BCUT2D eigenvalue weighted by atomic mass is 10.1. The SMILES string of the molecule is C[C@H](OC(=O)CNC(=O)c1cccc([N+](=O)[O-])c1)C(=O)c1ccc(Cl)cc1. The van der Waals surface area contributed by atoms with Crippen molar-refractivity contribution in [1.29, 1.82) is 0 Å². The minimum absolute atomic E-state index is 0.0299. The van der Waals surface area contributed by atoms with Gasteiger partial charge in [-0.3, -0.25) is 24.5 Å². The number of hydrogen-bond acceptors (Lipinski definition) is 6. The molecule has 9 heteroatoms. The van der Waals surface area contributed by atoms with Crippen LogP contribution in [0.5, 0.6) is 0 Å². The highest BCUT2D eigenvalue weighted by Crippen LogP contribution is 2.14. The molecule has 1 amide bonds. The van der Waals surface area contributed by atoms with Crippen LogP contribution >= 0.6 is 11.6 Å². The molecule has 0 radical (unpaired) electrons. The maximum atomic E-state index is 12.2. The van der Waals surface area contributed by atoms with Crippen LogP contribution in [0.3, 0.4) is 0 Å². The zero-order chi connectivity index (χ0) is 20.0. The van der Waals surface area contributed by atoms with Gasteiger partial charge in [-0.25, -0.2) is 0 Å². The molecule has 140 valence electrons. The predicted octanol–water partition coefficient (Wildman–Crippen LogP) is 2.79. The lowest BCUT2D eigenvalue weighted by Crippen LogP contribution is -2.34. The highest BCUT2D eigenvalue weighted by atomic mass is 35.5. The van der Waals surface area contributed by atoms with Crippen molar-refractivity contribution in [3.8, 4) is 0 Å². The summed E-state index contributed by atoms with van der Waals surface area (Å²) in [4.78, 5) is 46.1. The van der Waals surface area contributed by atoms with Gasteiger partial charge in [-0.1, -0.05) is 17.7 Å². The molecule has 1 atom stereocenters. The highest BCUT2D eigenvalue weighted by molar-refractivity contribution is 6.30. The second-order valence-electron chi connectivity index (χ2n) is 5.49. The molecule has 2 aromatic rings. The molecule has 27 heavy (non-hydrogen) atoms. The van der Waals surface area contributed by atoms with E-state index in [1.165, 1.54) is 37.3 Å². The van der Waals surface area contributed by atoms with Gasteiger partial charge in [0.05, 0.1) is 4.92 Å². The van der Waals surface area contributed by atoms with Gasteiger partial charge in [-0.05, 0) is 37.3 Å². The zero-order valence-corrected chi connectivity index (χ0v) is 14.9. The number of amides is 1. The van der Waals surface area contributed by atoms with Crippen LogP contribution in [0.2, 0.25) is 5.02 Å². The van der Waals surface area contributed by atoms with Gasteiger partial charge in [-0.2, -0.15) is 0 Å². The topological polar surface area (TPSA) is 116 Å². The summed E-state index contributed by atoms with van der Waals surface area (Å²) in [6.45, 7) is 0.928. The molecule has 2 aromatic carbocycles. The standard InChI is InChI=1S/C18H15ClN2O6/c1-11(17(23)12-5-7-14(19)8-6-12)27-16(22)10-20-18(24)13-3-2-4-15(9-13)21(25)26/h2-9,11H,10H2,1H3,(H,20,24)/t11-/m0/s1. The van der Waals surface area contributed by atoms with Gasteiger partial charge < -0.3 is 10.1 Å². The summed E-state index contributed by atoms with van der Waals surface area (Å²) in [7, 11) is 0. The van der Waals surface area contributed by atoms with E-state index in [1.807, 2.05) is 0 Å². The normalized spacial score (nSPS) is 11.3. The summed E-state index contributed by atoms with van der Waals surface area (Å²) < 4.78 is 5.00. The third-order valence-corrected chi connectivity index (χ3v) is 3.77. The van der Waals surface area contributed by atoms with Gasteiger partial charge in [0, 0.05) is 28.3 Å². The molecule has 0 unspecified atom stereocenters. The molecule has 8 nitrogen and oxygen atoms in total. The number of halogens is 1. The number of benzene rings is 2. The van der Waals surface area contributed by atoms with Crippen LogP contribution in [0.1, 0.15) is 27.6 Å². The minimum Gasteiger partial charge on any atom is -0.453 e. The molecule has 0 bridgehead atoms. The van der Waals surface area contributed by atoms with E-state index in [4.69, 9.17) is 16.3 Å². The average molecular weight is 391 g/mol. The molecular weight excluding hydrogens is 376 g/mol. The number of nitrogens with one attached hydrogen (secondary N) is 1. The van der Waals surface area contributed by atoms with Crippen molar-refractivity contribution in [1.82, 2.24) is 5.32 Å². The van der Waals surface area contributed by atoms with Gasteiger partial charge in [-0.15, -0.1) is 0 Å². The van der Waals surface area contributed by atoms with E-state index in [0.717, 1.165) is 6.07 Å².